The molecule has 0 aliphatic heterocycles. The Balaban J connectivity index is 3.15. The second-order valence-corrected chi connectivity index (χ2v) is 3.49. The molecule has 1 N–H and O–H groups in total. The molecule has 0 radical (unpaired) electrons. The maximum atomic E-state index is 12.6. The Morgan fingerprint density at radius 3 is 2.62 bits per heavy atom. The van der Waals surface area contributed by atoms with Crippen LogP contribution in [0.2, 0.25) is 5.15 Å². The van der Waals surface area contributed by atoms with Gasteiger partial charge in [-0.2, -0.15) is 18.3 Å². The lowest BCUT2D eigenvalue weighted by Crippen LogP contribution is -2.08. The molecule has 1 rings (SSSR count). The Kier molecular flexibility index (Phi) is 3.98. The zero-order chi connectivity index (χ0) is 12.3. The lowest BCUT2D eigenvalue weighted by atomic mass is 10.2. The summed E-state index contributed by atoms with van der Waals surface area (Å²) >= 11 is 5.73. The first-order valence-corrected chi connectivity index (χ1v) is 4.86. The van der Waals surface area contributed by atoms with Crippen LogP contribution in [0.5, 0.6) is 0 Å². The molecule has 1 heterocycles. The first-order valence-electron chi connectivity index (χ1n) is 4.48. The largest absolute Gasteiger partial charge is 0.435 e. The lowest BCUT2D eigenvalue weighted by molar-refractivity contribution is -0.141. The zero-order valence-electron chi connectivity index (χ0n) is 8.77. The standard InChI is InChI=1S/C9H11ClF3N3/c1-14-5-3-4-6-7(9(11,12)13)15-16(2)8(6)10/h3-4,14H,5H2,1-2H3. The predicted octanol–water partition coefficient (Wildman–Crippen LogP) is 2.32. The van der Waals surface area contributed by atoms with Crippen molar-refractivity contribution in [3.8, 4) is 0 Å². The number of nitrogens with one attached hydrogen (secondary N) is 1. The van der Waals surface area contributed by atoms with Crippen LogP contribution in [-0.4, -0.2) is 23.4 Å². The Morgan fingerprint density at radius 1 is 1.50 bits per heavy atom. The van der Waals surface area contributed by atoms with Crippen molar-refractivity contribution in [2.45, 2.75) is 6.18 Å². The number of likely N-dealkylation sites (N-methyl/N-ethyl adjacent to an activating group) is 1. The summed E-state index contributed by atoms with van der Waals surface area (Å²) in [6.07, 6.45) is -1.63. The number of hydrogen-bond donors (Lipinski definition) is 1. The van der Waals surface area contributed by atoms with Crippen LogP contribution >= 0.6 is 11.6 Å². The van der Waals surface area contributed by atoms with Crippen LogP contribution in [0.15, 0.2) is 6.08 Å². The van der Waals surface area contributed by atoms with Gasteiger partial charge in [0.15, 0.2) is 5.69 Å². The van der Waals surface area contributed by atoms with Gasteiger partial charge >= 0.3 is 6.18 Å². The summed E-state index contributed by atoms with van der Waals surface area (Å²) in [7, 11) is 3.06. The van der Waals surface area contributed by atoms with Crippen LogP contribution < -0.4 is 5.32 Å². The normalized spacial score (nSPS) is 12.6. The maximum Gasteiger partial charge on any atom is 0.435 e. The van der Waals surface area contributed by atoms with Crippen molar-refractivity contribution in [3.05, 3.63) is 22.5 Å². The Labute approximate surface area is 95.9 Å². The molecule has 0 bridgehead atoms. The quantitative estimate of drug-likeness (QED) is 0.896. The monoisotopic (exact) mass is 253 g/mol. The Morgan fingerprint density at radius 2 is 2.12 bits per heavy atom. The third-order valence-electron chi connectivity index (χ3n) is 1.89. The zero-order valence-corrected chi connectivity index (χ0v) is 9.52. The van der Waals surface area contributed by atoms with Gasteiger partial charge in [0.1, 0.15) is 5.15 Å². The highest BCUT2D eigenvalue weighted by molar-refractivity contribution is 6.31. The molecule has 0 fully saturated rings. The van der Waals surface area contributed by atoms with E-state index in [2.05, 4.69) is 10.4 Å². The molecular formula is C9H11ClF3N3. The van der Waals surface area contributed by atoms with Crippen molar-refractivity contribution in [3.63, 3.8) is 0 Å². The summed E-state index contributed by atoms with van der Waals surface area (Å²) in [6, 6.07) is 0. The van der Waals surface area contributed by atoms with E-state index < -0.39 is 11.9 Å². The molecule has 0 aliphatic rings. The average molecular weight is 254 g/mol. The number of hydrogen-bond acceptors (Lipinski definition) is 2. The molecule has 16 heavy (non-hydrogen) atoms. The summed E-state index contributed by atoms with van der Waals surface area (Å²) in [5.41, 5.74) is -1.07. The van der Waals surface area contributed by atoms with Gasteiger partial charge in [-0.3, -0.25) is 4.68 Å². The van der Waals surface area contributed by atoms with Crippen LogP contribution in [0.25, 0.3) is 6.08 Å². The third-order valence-corrected chi connectivity index (χ3v) is 2.33. The van der Waals surface area contributed by atoms with Crippen molar-refractivity contribution in [1.29, 1.82) is 0 Å². The van der Waals surface area contributed by atoms with E-state index in [4.69, 9.17) is 11.6 Å². The van der Waals surface area contributed by atoms with E-state index in [0.717, 1.165) is 4.68 Å². The van der Waals surface area contributed by atoms with Crippen molar-refractivity contribution >= 4 is 17.7 Å². The highest BCUT2D eigenvalue weighted by Crippen LogP contribution is 2.34. The fourth-order valence-corrected chi connectivity index (χ4v) is 1.36. The number of halogens is 4. The second kappa shape index (κ2) is 4.88. The fraction of sp³-hybridized carbons (Fsp3) is 0.444. The van der Waals surface area contributed by atoms with E-state index in [0.29, 0.717) is 6.54 Å². The molecule has 7 heteroatoms. The molecule has 0 spiro atoms. The van der Waals surface area contributed by atoms with Gasteiger partial charge in [0.2, 0.25) is 0 Å². The maximum absolute atomic E-state index is 12.6. The number of nitrogens with zero attached hydrogens (tertiary/aromatic N) is 2. The van der Waals surface area contributed by atoms with Crippen molar-refractivity contribution in [2.24, 2.45) is 7.05 Å². The molecule has 90 valence electrons. The summed E-state index contributed by atoms with van der Waals surface area (Å²) in [5, 5.41) is 6.10. The van der Waals surface area contributed by atoms with Crippen molar-refractivity contribution in [2.75, 3.05) is 13.6 Å². The number of aryl methyl sites for hydroxylation is 1. The number of alkyl halides is 3. The molecule has 0 aliphatic carbocycles. The van der Waals surface area contributed by atoms with Crippen LogP contribution in [0.1, 0.15) is 11.3 Å². The smallest absolute Gasteiger partial charge is 0.316 e. The van der Waals surface area contributed by atoms with E-state index >= 15 is 0 Å². The molecule has 3 nitrogen and oxygen atoms in total. The number of aromatic nitrogens is 2. The molecule has 0 aromatic carbocycles. The fourth-order valence-electron chi connectivity index (χ4n) is 1.17. The Hall–Kier alpha value is -1.01. The second-order valence-electron chi connectivity index (χ2n) is 3.13. The molecule has 0 unspecified atom stereocenters. The molecular weight excluding hydrogens is 243 g/mol. The Bertz CT molecular complexity index is 395. The minimum absolute atomic E-state index is 0.0281. The highest BCUT2D eigenvalue weighted by atomic mass is 35.5. The number of rotatable bonds is 3. The summed E-state index contributed by atoms with van der Waals surface area (Å²) < 4.78 is 38.7. The van der Waals surface area contributed by atoms with Crippen molar-refractivity contribution < 1.29 is 13.2 Å². The molecule has 1 aromatic rings. The first kappa shape index (κ1) is 13.1. The van der Waals surface area contributed by atoms with E-state index in [1.54, 1.807) is 13.1 Å². The van der Waals surface area contributed by atoms with E-state index in [1.807, 2.05) is 0 Å². The molecule has 0 atom stereocenters. The molecule has 1 aromatic heterocycles. The van der Waals surface area contributed by atoms with Gasteiger partial charge in [-0.1, -0.05) is 23.8 Å². The van der Waals surface area contributed by atoms with Gasteiger partial charge in [-0.05, 0) is 7.05 Å². The minimum Gasteiger partial charge on any atom is -0.316 e. The van der Waals surface area contributed by atoms with E-state index in [-0.39, 0.29) is 10.7 Å². The molecule has 0 saturated heterocycles. The van der Waals surface area contributed by atoms with Gasteiger partial charge in [0, 0.05) is 19.2 Å². The summed E-state index contributed by atoms with van der Waals surface area (Å²) in [6.45, 7) is 0.461. The van der Waals surface area contributed by atoms with Gasteiger partial charge < -0.3 is 5.32 Å². The lowest BCUT2D eigenvalue weighted by Gasteiger charge is -2.02. The first-order chi connectivity index (χ1) is 7.38. The minimum atomic E-state index is -4.50. The molecule has 0 amide bonds. The van der Waals surface area contributed by atoms with Crippen LogP contribution in [0, 0.1) is 0 Å². The van der Waals surface area contributed by atoms with Crippen LogP contribution in [0.3, 0.4) is 0 Å². The van der Waals surface area contributed by atoms with Gasteiger partial charge in [-0.15, -0.1) is 0 Å². The predicted molar refractivity (Wildman–Crippen MR) is 56.2 cm³/mol. The van der Waals surface area contributed by atoms with E-state index in [1.165, 1.54) is 13.1 Å². The van der Waals surface area contributed by atoms with Crippen LogP contribution in [-0.2, 0) is 13.2 Å². The van der Waals surface area contributed by atoms with Gasteiger partial charge in [-0.25, -0.2) is 0 Å². The van der Waals surface area contributed by atoms with Crippen molar-refractivity contribution in [1.82, 2.24) is 15.1 Å². The topological polar surface area (TPSA) is 29.9 Å². The SMILES string of the molecule is CNCC=Cc1c(C(F)(F)F)nn(C)c1Cl. The highest BCUT2D eigenvalue weighted by Gasteiger charge is 2.37. The van der Waals surface area contributed by atoms with Crippen LogP contribution in [0.4, 0.5) is 13.2 Å². The summed E-state index contributed by atoms with van der Waals surface area (Å²) in [5.74, 6) is 0. The van der Waals surface area contributed by atoms with Gasteiger partial charge in [0.25, 0.3) is 0 Å². The third kappa shape index (κ3) is 2.76. The summed E-state index contributed by atoms with van der Waals surface area (Å²) in [4.78, 5) is 0. The average Bonchev–Trinajstić information content (AvgIpc) is 2.45. The van der Waals surface area contributed by atoms with Gasteiger partial charge in [0.05, 0.1) is 0 Å². The van der Waals surface area contributed by atoms with E-state index in [9.17, 15) is 13.2 Å². The molecule has 0 saturated carbocycles.